The van der Waals surface area contributed by atoms with Crippen LogP contribution in [-0.2, 0) is 9.53 Å². The normalized spacial score (nSPS) is 23.0. The second-order valence-electron chi connectivity index (χ2n) is 8.10. The number of hydrogen-bond acceptors (Lipinski definition) is 5. The summed E-state index contributed by atoms with van der Waals surface area (Å²) in [6, 6.07) is 9.65. The highest BCUT2D eigenvalue weighted by molar-refractivity contribution is 5.98. The van der Waals surface area contributed by atoms with Crippen molar-refractivity contribution in [1.82, 2.24) is 25.1 Å². The number of hydrogen-bond donors (Lipinski definition) is 2. The first-order valence-corrected chi connectivity index (χ1v) is 10.6. The fourth-order valence-electron chi connectivity index (χ4n) is 4.31. The van der Waals surface area contributed by atoms with Gasteiger partial charge in [-0.05, 0) is 19.9 Å². The number of rotatable bonds is 4. The van der Waals surface area contributed by atoms with Gasteiger partial charge in [-0.25, -0.2) is 4.98 Å². The number of morpholine rings is 1. The summed E-state index contributed by atoms with van der Waals surface area (Å²) in [6.45, 7) is 3.99. The Hall–Kier alpha value is -2.71. The van der Waals surface area contributed by atoms with Gasteiger partial charge in [0.15, 0.2) is 0 Å². The van der Waals surface area contributed by atoms with Crippen LogP contribution in [0.4, 0.5) is 0 Å². The molecule has 2 aliphatic heterocycles. The van der Waals surface area contributed by atoms with Gasteiger partial charge in [0, 0.05) is 37.8 Å². The van der Waals surface area contributed by atoms with E-state index >= 15 is 0 Å². The van der Waals surface area contributed by atoms with Crippen molar-refractivity contribution in [3.8, 4) is 11.3 Å². The summed E-state index contributed by atoms with van der Waals surface area (Å²) in [4.78, 5) is 37.2. The molecule has 3 heterocycles. The van der Waals surface area contributed by atoms with Crippen LogP contribution < -0.4 is 5.32 Å². The molecule has 0 bridgehead atoms. The fraction of sp³-hybridized carbons (Fsp3) is 0.500. The first-order chi connectivity index (χ1) is 14.6. The maximum absolute atomic E-state index is 13.0. The molecule has 2 aliphatic rings. The molecule has 2 N–H and O–H groups in total. The predicted octanol–water partition coefficient (Wildman–Crippen LogP) is 1.38. The molecule has 8 nitrogen and oxygen atoms in total. The van der Waals surface area contributed by atoms with Crippen molar-refractivity contribution >= 4 is 11.8 Å². The second kappa shape index (κ2) is 9.40. The van der Waals surface area contributed by atoms with Crippen molar-refractivity contribution in [1.29, 1.82) is 0 Å². The summed E-state index contributed by atoms with van der Waals surface area (Å²) in [5.74, 6) is 0.00167. The van der Waals surface area contributed by atoms with E-state index < -0.39 is 0 Å². The number of imidazole rings is 1. The molecule has 0 aliphatic carbocycles. The van der Waals surface area contributed by atoms with Gasteiger partial charge in [-0.15, -0.1) is 0 Å². The summed E-state index contributed by atoms with van der Waals surface area (Å²) in [5, 5.41) is 3.14. The van der Waals surface area contributed by atoms with E-state index in [2.05, 4.69) is 20.2 Å². The second-order valence-corrected chi connectivity index (χ2v) is 8.10. The number of likely N-dealkylation sites (tertiary alicyclic amines) is 1. The standard InChI is InChI=1S/C22H29N5O3/c1-26-13-17(22(29)27-9-11-30-12-10-27)7-8-18(14-26)25-21(28)20-19(23-15-24-20)16-5-3-2-4-6-16/h2-6,15,17-18H,7-14H2,1H3,(H,23,24)(H,25,28)/t17-,18+/m1/s1. The number of ether oxygens (including phenoxy) is 1. The Morgan fingerprint density at radius 1 is 1.13 bits per heavy atom. The summed E-state index contributed by atoms with van der Waals surface area (Å²) in [6.07, 6.45) is 3.08. The van der Waals surface area contributed by atoms with Gasteiger partial charge in [-0.3, -0.25) is 9.59 Å². The molecular weight excluding hydrogens is 382 g/mol. The molecule has 160 valence electrons. The highest BCUT2D eigenvalue weighted by atomic mass is 16.5. The Balaban J connectivity index is 1.39. The molecule has 30 heavy (non-hydrogen) atoms. The first-order valence-electron chi connectivity index (χ1n) is 10.6. The maximum Gasteiger partial charge on any atom is 0.270 e. The van der Waals surface area contributed by atoms with Crippen LogP contribution in [0.1, 0.15) is 23.3 Å². The molecule has 0 spiro atoms. The summed E-state index contributed by atoms with van der Waals surface area (Å²) < 4.78 is 5.36. The first kappa shape index (κ1) is 20.6. The summed E-state index contributed by atoms with van der Waals surface area (Å²) >= 11 is 0. The molecule has 1 aromatic heterocycles. The lowest BCUT2D eigenvalue weighted by Gasteiger charge is -2.31. The van der Waals surface area contributed by atoms with Crippen LogP contribution in [0.5, 0.6) is 0 Å². The molecule has 0 unspecified atom stereocenters. The third-order valence-corrected chi connectivity index (χ3v) is 5.85. The van der Waals surface area contributed by atoms with E-state index in [4.69, 9.17) is 4.74 Å². The molecule has 2 fully saturated rings. The molecule has 2 saturated heterocycles. The molecule has 2 amide bonds. The van der Waals surface area contributed by atoms with Crippen LogP contribution >= 0.6 is 0 Å². The van der Waals surface area contributed by atoms with Crippen LogP contribution in [-0.4, -0.2) is 84.1 Å². The number of carbonyl (C=O) groups excluding carboxylic acids is 2. The smallest absolute Gasteiger partial charge is 0.270 e. The SMILES string of the molecule is CN1C[C@@H](NC(=O)c2[nH]cnc2-c2ccccc2)CC[C@@H](C(=O)N2CCOCC2)C1. The van der Waals surface area contributed by atoms with Gasteiger partial charge in [0.1, 0.15) is 11.4 Å². The van der Waals surface area contributed by atoms with Gasteiger partial charge in [0.05, 0.1) is 25.5 Å². The van der Waals surface area contributed by atoms with Crippen LogP contribution in [0, 0.1) is 5.92 Å². The third-order valence-electron chi connectivity index (χ3n) is 5.85. The molecule has 0 radical (unpaired) electrons. The number of carbonyl (C=O) groups is 2. The number of nitrogens with one attached hydrogen (secondary N) is 2. The number of amides is 2. The Morgan fingerprint density at radius 2 is 1.90 bits per heavy atom. The molecule has 2 atom stereocenters. The largest absolute Gasteiger partial charge is 0.378 e. The molecule has 2 aromatic rings. The van der Waals surface area contributed by atoms with E-state index in [0.29, 0.717) is 50.8 Å². The average Bonchev–Trinajstić information content (AvgIpc) is 3.20. The zero-order valence-electron chi connectivity index (χ0n) is 17.3. The number of aromatic amines is 1. The van der Waals surface area contributed by atoms with E-state index in [1.807, 2.05) is 42.3 Å². The lowest BCUT2D eigenvalue weighted by molar-refractivity contribution is -0.140. The molecule has 1 aromatic carbocycles. The van der Waals surface area contributed by atoms with Crippen molar-refractivity contribution in [3.63, 3.8) is 0 Å². The lowest BCUT2D eigenvalue weighted by Crippen LogP contribution is -2.46. The quantitative estimate of drug-likeness (QED) is 0.793. The van der Waals surface area contributed by atoms with Crippen molar-refractivity contribution in [2.45, 2.75) is 18.9 Å². The third kappa shape index (κ3) is 4.71. The van der Waals surface area contributed by atoms with Crippen LogP contribution in [0.2, 0.25) is 0 Å². The van der Waals surface area contributed by atoms with E-state index in [0.717, 1.165) is 18.4 Å². The highest BCUT2D eigenvalue weighted by Crippen LogP contribution is 2.22. The van der Waals surface area contributed by atoms with Crippen molar-refractivity contribution in [2.24, 2.45) is 5.92 Å². The van der Waals surface area contributed by atoms with Crippen molar-refractivity contribution in [3.05, 3.63) is 42.4 Å². The van der Waals surface area contributed by atoms with Gasteiger partial charge in [-0.2, -0.15) is 0 Å². The highest BCUT2D eigenvalue weighted by Gasteiger charge is 2.31. The topological polar surface area (TPSA) is 90.6 Å². The number of benzene rings is 1. The van der Waals surface area contributed by atoms with Crippen LogP contribution in [0.15, 0.2) is 36.7 Å². The predicted molar refractivity (Wildman–Crippen MR) is 113 cm³/mol. The van der Waals surface area contributed by atoms with E-state index in [1.54, 1.807) is 6.33 Å². The number of nitrogens with zero attached hydrogens (tertiary/aromatic N) is 3. The van der Waals surface area contributed by atoms with Crippen molar-refractivity contribution in [2.75, 3.05) is 46.4 Å². The molecule has 8 heteroatoms. The van der Waals surface area contributed by atoms with Crippen molar-refractivity contribution < 1.29 is 14.3 Å². The molecule has 4 rings (SSSR count). The Labute approximate surface area is 176 Å². The monoisotopic (exact) mass is 411 g/mol. The average molecular weight is 412 g/mol. The van der Waals surface area contributed by atoms with E-state index in [9.17, 15) is 9.59 Å². The van der Waals surface area contributed by atoms with E-state index in [-0.39, 0.29) is 23.8 Å². The minimum absolute atomic E-state index is 0.0167. The Kier molecular flexibility index (Phi) is 6.44. The van der Waals surface area contributed by atoms with Gasteiger partial charge >= 0.3 is 0 Å². The zero-order valence-corrected chi connectivity index (χ0v) is 17.3. The zero-order chi connectivity index (χ0) is 20.9. The van der Waals surface area contributed by atoms with Gasteiger partial charge in [0.25, 0.3) is 5.91 Å². The summed E-state index contributed by atoms with van der Waals surface area (Å²) in [5.41, 5.74) is 2.02. The lowest BCUT2D eigenvalue weighted by atomic mass is 10.00. The van der Waals surface area contributed by atoms with Gasteiger partial charge < -0.3 is 24.8 Å². The Bertz CT molecular complexity index is 863. The number of aromatic nitrogens is 2. The van der Waals surface area contributed by atoms with Gasteiger partial charge in [-0.1, -0.05) is 30.3 Å². The Morgan fingerprint density at radius 3 is 2.67 bits per heavy atom. The number of likely N-dealkylation sites (N-methyl/N-ethyl adjacent to an activating group) is 1. The van der Waals surface area contributed by atoms with Crippen LogP contribution in [0.3, 0.4) is 0 Å². The minimum atomic E-state index is -0.164. The van der Waals surface area contributed by atoms with Gasteiger partial charge in [0.2, 0.25) is 5.91 Å². The molecular formula is C22H29N5O3. The minimum Gasteiger partial charge on any atom is -0.378 e. The molecule has 0 saturated carbocycles. The van der Waals surface area contributed by atoms with E-state index in [1.165, 1.54) is 0 Å². The maximum atomic E-state index is 13.0. The van der Waals surface area contributed by atoms with Crippen LogP contribution in [0.25, 0.3) is 11.3 Å². The summed E-state index contributed by atoms with van der Waals surface area (Å²) in [7, 11) is 2.01. The number of H-pyrrole nitrogens is 1. The fourth-order valence-corrected chi connectivity index (χ4v) is 4.31.